The van der Waals surface area contributed by atoms with E-state index in [1.807, 2.05) is 13.0 Å². The molecule has 0 heterocycles. The number of carbonyl (C=O) groups is 2. The first-order valence-corrected chi connectivity index (χ1v) is 13.3. The molecule has 0 fully saturated rings. The minimum atomic E-state index is -3.62. The highest BCUT2D eigenvalue weighted by molar-refractivity contribution is 7.92. The number of sulfonamides is 1. The lowest BCUT2D eigenvalue weighted by Gasteiger charge is -2.29. The van der Waals surface area contributed by atoms with Crippen LogP contribution in [0.15, 0.2) is 48.5 Å². The van der Waals surface area contributed by atoms with E-state index in [0.29, 0.717) is 23.1 Å². The van der Waals surface area contributed by atoms with Gasteiger partial charge in [0.25, 0.3) is 0 Å². The fourth-order valence-electron chi connectivity index (χ4n) is 3.52. The average molecular weight is 510 g/mol. The maximum atomic E-state index is 13.2. The maximum Gasteiger partial charge on any atom is 0.242 e. The second-order valence-electron chi connectivity index (χ2n) is 7.74. The molecule has 0 bridgehead atoms. The average Bonchev–Trinajstić information content (AvgIpc) is 2.80. The second kappa shape index (κ2) is 12.6. The Labute approximate surface area is 206 Å². The van der Waals surface area contributed by atoms with E-state index in [9.17, 15) is 18.0 Å². The molecule has 0 aliphatic rings. The van der Waals surface area contributed by atoms with E-state index in [-0.39, 0.29) is 37.7 Å². The Bertz CT molecular complexity index is 1090. The number of ether oxygens (including phenoxy) is 1. The molecular formula is C24H32ClN3O5S. The molecule has 0 saturated heterocycles. The fraction of sp³-hybridized carbons (Fsp3) is 0.417. The Balaban J connectivity index is 2.20. The van der Waals surface area contributed by atoms with E-state index in [4.69, 9.17) is 16.3 Å². The molecule has 0 saturated carbocycles. The zero-order chi connectivity index (χ0) is 25.3. The Morgan fingerprint density at radius 1 is 1.12 bits per heavy atom. The number of halogens is 1. The summed E-state index contributed by atoms with van der Waals surface area (Å²) in [6.45, 7) is 4.11. The van der Waals surface area contributed by atoms with Gasteiger partial charge in [-0.2, -0.15) is 0 Å². The van der Waals surface area contributed by atoms with Crippen molar-refractivity contribution in [1.29, 1.82) is 0 Å². The summed E-state index contributed by atoms with van der Waals surface area (Å²) in [5.41, 5.74) is 1.14. The number of nitrogens with zero attached hydrogens (tertiary/aromatic N) is 2. The molecule has 2 rings (SSSR count). The van der Waals surface area contributed by atoms with Crippen molar-refractivity contribution in [3.8, 4) is 5.75 Å². The van der Waals surface area contributed by atoms with Crippen molar-refractivity contribution in [3.05, 3.63) is 59.1 Å². The Hall–Kier alpha value is -2.78. The number of carbonyl (C=O) groups excluding carboxylic acids is 2. The molecule has 10 heteroatoms. The quantitative estimate of drug-likeness (QED) is 0.472. The van der Waals surface area contributed by atoms with Gasteiger partial charge in [0.15, 0.2) is 0 Å². The van der Waals surface area contributed by atoms with Gasteiger partial charge >= 0.3 is 0 Å². The molecule has 2 amide bonds. The van der Waals surface area contributed by atoms with Crippen molar-refractivity contribution in [2.75, 3.05) is 30.8 Å². The summed E-state index contributed by atoms with van der Waals surface area (Å²) in [4.78, 5) is 26.9. The first kappa shape index (κ1) is 27.5. The molecule has 34 heavy (non-hydrogen) atoms. The summed E-state index contributed by atoms with van der Waals surface area (Å²) in [7, 11) is -2.11. The third-order valence-electron chi connectivity index (χ3n) is 5.30. The number of rotatable bonds is 12. The highest BCUT2D eigenvalue weighted by atomic mass is 35.5. The van der Waals surface area contributed by atoms with Crippen LogP contribution in [0.5, 0.6) is 5.75 Å². The minimum absolute atomic E-state index is 0.0502. The van der Waals surface area contributed by atoms with Crippen LogP contribution in [0.25, 0.3) is 0 Å². The summed E-state index contributed by atoms with van der Waals surface area (Å²) in [5, 5.41) is 3.07. The van der Waals surface area contributed by atoms with Crippen LogP contribution < -0.4 is 14.4 Å². The number of para-hydroxylation sites is 2. The number of hydrogen-bond donors (Lipinski definition) is 1. The van der Waals surface area contributed by atoms with Crippen molar-refractivity contribution >= 4 is 39.1 Å². The SMILES string of the molecule is CCOc1ccccc1N(CCCC(=O)N(Cc1ccccc1Cl)[C@H](C)C(=O)NC)S(C)(=O)=O. The topological polar surface area (TPSA) is 96.0 Å². The third-order valence-corrected chi connectivity index (χ3v) is 6.85. The molecule has 0 spiro atoms. The van der Waals surface area contributed by atoms with Gasteiger partial charge < -0.3 is 15.0 Å². The number of amides is 2. The van der Waals surface area contributed by atoms with Crippen LogP contribution in [0.2, 0.25) is 5.02 Å². The number of hydrogen-bond acceptors (Lipinski definition) is 5. The highest BCUT2D eigenvalue weighted by Gasteiger charge is 2.27. The summed E-state index contributed by atoms with van der Waals surface area (Å²) in [6, 6.07) is 13.3. The predicted molar refractivity (Wildman–Crippen MR) is 135 cm³/mol. The zero-order valence-corrected chi connectivity index (χ0v) is 21.5. The minimum Gasteiger partial charge on any atom is -0.492 e. The number of anilines is 1. The van der Waals surface area contributed by atoms with Crippen molar-refractivity contribution in [1.82, 2.24) is 10.2 Å². The van der Waals surface area contributed by atoms with Gasteiger partial charge in [-0.25, -0.2) is 8.42 Å². The lowest BCUT2D eigenvalue weighted by atomic mass is 10.1. The van der Waals surface area contributed by atoms with Crippen LogP contribution in [0.4, 0.5) is 5.69 Å². The molecule has 0 aromatic heterocycles. The summed E-state index contributed by atoms with van der Waals surface area (Å²) in [6.07, 6.45) is 1.43. The van der Waals surface area contributed by atoms with Gasteiger partial charge in [0.05, 0.1) is 18.6 Å². The monoisotopic (exact) mass is 509 g/mol. The van der Waals surface area contributed by atoms with Crippen molar-refractivity contribution in [2.24, 2.45) is 0 Å². The van der Waals surface area contributed by atoms with Gasteiger partial charge in [-0.15, -0.1) is 0 Å². The molecule has 186 valence electrons. The van der Waals surface area contributed by atoms with Crippen LogP contribution in [0, 0.1) is 0 Å². The van der Waals surface area contributed by atoms with E-state index in [1.165, 1.54) is 16.3 Å². The standard InChI is InChI=1S/C24H32ClN3O5S/c1-5-33-22-14-9-8-13-21(22)28(34(4,31)32)16-10-15-23(29)27(18(2)24(30)26-3)17-19-11-6-7-12-20(19)25/h6-9,11-14,18H,5,10,15-17H2,1-4H3,(H,26,30)/t18-/m1/s1. The summed E-state index contributed by atoms with van der Waals surface area (Å²) in [5.74, 6) is -0.123. The van der Waals surface area contributed by atoms with Crippen molar-refractivity contribution in [3.63, 3.8) is 0 Å². The molecular weight excluding hydrogens is 478 g/mol. The third kappa shape index (κ3) is 7.36. The molecule has 0 aliphatic carbocycles. The van der Waals surface area contributed by atoms with Crippen LogP contribution in [-0.2, 0) is 26.2 Å². The smallest absolute Gasteiger partial charge is 0.242 e. The fourth-order valence-corrected chi connectivity index (χ4v) is 4.69. The summed E-state index contributed by atoms with van der Waals surface area (Å²) >= 11 is 6.27. The predicted octanol–water partition coefficient (Wildman–Crippen LogP) is 3.45. The van der Waals surface area contributed by atoms with Crippen molar-refractivity contribution in [2.45, 2.75) is 39.3 Å². The van der Waals surface area contributed by atoms with Crippen LogP contribution in [0.1, 0.15) is 32.3 Å². The molecule has 1 atom stereocenters. The van der Waals surface area contributed by atoms with E-state index in [1.54, 1.807) is 49.4 Å². The number of benzene rings is 2. The molecule has 8 nitrogen and oxygen atoms in total. The van der Waals surface area contributed by atoms with Crippen LogP contribution >= 0.6 is 11.6 Å². The lowest BCUT2D eigenvalue weighted by molar-refractivity contribution is -0.140. The van der Waals surface area contributed by atoms with Gasteiger partial charge in [0.1, 0.15) is 11.8 Å². The van der Waals surface area contributed by atoms with E-state index in [2.05, 4.69) is 5.32 Å². The summed E-state index contributed by atoms with van der Waals surface area (Å²) < 4.78 is 31.9. The molecule has 2 aromatic rings. The zero-order valence-electron chi connectivity index (χ0n) is 20.0. The second-order valence-corrected chi connectivity index (χ2v) is 10.1. The lowest BCUT2D eigenvalue weighted by Crippen LogP contribution is -2.46. The van der Waals surface area contributed by atoms with Crippen molar-refractivity contribution < 1.29 is 22.7 Å². The Morgan fingerprint density at radius 3 is 2.38 bits per heavy atom. The van der Waals surface area contributed by atoms with E-state index >= 15 is 0 Å². The molecule has 0 radical (unpaired) electrons. The van der Waals surface area contributed by atoms with E-state index < -0.39 is 16.1 Å². The number of nitrogens with one attached hydrogen (secondary N) is 1. The van der Waals surface area contributed by atoms with Gasteiger partial charge in [0, 0.05) is 31.6 Å². The largest absolute Gasteiger partial charge is 0.492 e. The molecule has 0 aliphatic heterocycles. The highest BCUT2D eigenvalue weighted by Crippen LogP contribution is 2.30. The first-order chi connectivity index (χ1) is 16.1. The molecule has 0 unspecified atom stereocenters. The normalized spacial score (nSPS) is 12.0. The van der Waals surface area contributed by atoms with E-state index in [0.717, 1.165) is 11.8 Å². The Kier molecular flexibility index (Phi) is 10.2. The van der Waals surface area contributed by atoms with Crippen LogP contribution in [-0.4, -0.2) is 57.6 Å². The number of likely N-dealkylation sites (N-methyl/N-ethyl adjacent to an activating group) is 1. The van der Waals surface area contributed by atoms with Gasteiger partial charge in [-0.05, 0) is 44.0 Å². The van der Waals surface area contributed by atoms with Gasteiger partial charge in [-0.3, -0.25) is 13.9 Å². The maximum absolute atomic E-state index is 13.2. The van der Waals surface area contributed by atoms with Gasteiger partial charge in [-0.1, -0.05) is 41.9 Å². The molecule has 1 N–H and O–H groups in total. The van der Waals surface area contributed by atoms with Gasteiger partial charge in [0.2, 0.25) is 21.8 Å². The molecule has 2 aromatic carbocycles. The first-order valence-electron chi connectivity index (χ1n) is 11.0. The Morgan fingerprint density at radius 2 is 1.76 bits per heavy atom. The van der Waals surface area contributed by atoms with Crippen LogP contribution in [0.3, 0.4) is 0 Å².